The molecule has 0 heterocycles. The van der Waals surface area contributed by atoms with Gasteiger partial charge in [-0.3, -0.25) is 0 Å². The van der Waals surface area contributed by atoms with Gasteiger partial charge in [0.25, 0.3) is 0 Å². The average molecular weight is 1080 g/mol. The predicted molar refractivity (Wildman–Crippen MR) is 315 cm³/mol. The first-order valence-electron chi connectivity index (χ1n) is 31.2. The van der Waals surface area contributed by atoms with Crippen LogP contribution >= 0.6 is 0 Å². The van der Waals surface area contributed by atoms with E-state index in [9.17, 15) is 25.9 Å². The minimum Gasteiger partial charge on any atom is -0.744 e. The number of aryl methyl sites for hydroxylation is 2. The van der Waals surface area contributed by atoms with Crippen LogP contribution in [-0.4, -0.2) is 63.7 Å². The minimum absolute atomic E-state index is 0. The third-order valence-corrected chi connectivity index (χ3v) is 17.0. The molecule has 0 saturated heterocycles. The van der Waals surface area contributed by atoms with Crippen molar-refractivity contribution < 1.29 is 25.9 Å². The Morgan fingerprint density at radius 3 is 0.575 bits per heavy atom. The van der Waals surface area contributed by atoms with Gasteiger partial charge in [0.1, 0.15) is 20.2 Å². The van der Waals surface area contributed by atoms with Gasteiger partial charge in [0.15, 0.2) is 0 Å². The standard InChI is InChI=1S/2C32H58O3S.Ca/c2*1-2-3-4-5-6-7-8-9-10-11-12-13-14-15-16-17-18-19-20-21-22-23-24-25-28-31-29-26-27-30-32(31)36(33,34)35;/h2*26-27,29-30H,2-25,28H2,1H3,(H,33,34,35);/q;;+2/p-2. The van der Waals surface area contributed by atoms with Gasteiger partial charge in [-0.2, -0.15) is 0 Å². The van der Waals surface area contributed by atoms with Crippen LogP contribution in [0.2, 0.25) is 0 Å². The molecule has 6 nitrogen and oxygen atoms in total. The summed E-state index contributed by atoms with van der Waals surface area (Å²) >= 11 is 0. The van der Waals surface area contributed by atoms with Gasteiger partial charge >= 0.3 is 37.7 Å². The summed E-state index contributed by atoms with van der Waals surface area (Å²) in [6, 6.07) is 13.2. The second kappa shape index (κ2) is 53.5. The number of benzene rings is 2. The Kier molecular flexibility index (Phi) is 53.2. The molecule has 420 valence electrons. The number of rotatable bonds is 52. The van der Waals surface area contributed by atoms with E-state index in [-0.39, 0.29) is 47.5 Å². The molecular formula is C64H114CaO6S2. The van der Waals surface area contributed by atoms with Crippen molar-refractivity contribution in [1.82, 2.24) is 0 Å². The molecule has 2 rings (SSSR count). The first-order chi connectivity index (χ1) is 35.1. The summed E-state index contributed by atoms with van der Waals surface area (Å²) in [4.78, 5) is -0.0850. The number of hydrogen-bond donors (Lipinski definition) is 0. The Hall–Kier alpha value is -0.480. The number of unbranched alkanes of at least 4 members (excludes halogenated alkanes) is 46. The molecule has 0 amide bonds. The van der Waals surface area contributed by atoms with Crippen molar-refractivity contribution in [3.63, 3.8) is 0 Å². The van der Waals surface area contributed by atoms with Crippen LogP contribution in [0.25, 0.3) is 0 Å². The van der Waals surface area contributed by atoms with Crippen LogP contribution in [0.4, 0.5) is 0 Å². The number of hydrogen-bond acceptors (Lipinski definition) is 6. The molecule has 2 aromatic carbocycles. The smallest absolute Gasteiger partial charge is 0.744 e. The molecule has 0 radical (unpaired) electrons. The minimum atomic E-state index is -4.36. The molecule has 0 aromatic heterocycles. The zero-order chi connectivity index (χ0) is 52.3. The molecule has 0 unspecified atom stereocenters. The van der Waals surface area contributed by atoms with Gasteiger partial charge in [0.2, 0.25) is 0 Å². The van der Waals surface area contributed by atoms with Crippen molar-refractivity contribution in [2.45, 2.75) is 345 Å². The van der Waals surface area contributed by atoms with Gasteiger partial charge in [-0.15, -0.1) is 0 Å². The SMILES string of the molecule is CCCCCCCCCCCCCCCCCCCCCCCCCCc1ccccc1S(=O)(=O)[O-].CCCCCCCCCCCCCCCCCCCCCCCCCCc1ccccc1S(=O)(=O)[O-].[Ca+2]. The van der Waals surface area contributed by atoms with E-state index in [1.165, 1.54) is 295 Å². The first-order valence-corrected chi connectivity index (χ1v) is 34.0. The van der Waals surface area contributed by atoms with Crippen molar-refractivity contribution >= 4 is 58.0 Å². The second-order valence-electron chi connectivity index (χ2n) is 21.9. The monoisotopic (exact) mass is 1080 g/mol. The van der Waals surface area contributed by atoms with Gasteiger partial charge in [0.05, 0.1) is 9.79 Å². The van der Waals surface area contributed by atoms with E-state index in [1.807, 2.05) is 12.1 Å². The Morgan fingerprint density at radius 2 is 0.411 bits per heavy atom. The summed E-state index contributed by atoms with van der Waals surface area (Å²) in [5, 5.41) is 0. The molecule has 0 saturated carbocycles. The van der Waals surface area contributed by atoms with E-state index in [0.29, 0.717) is 24.0 Å². The van der Waals surface area contributed by atoms with E-state index in [1.54, 1.807) is 24.3 Å². The van der Waals surface area contributed by atoms with E-state index < -0.39 is 20.2 Å². The maximum atomic E-state index is 11.3. The molecule has 0 aliphatic carbocycles. The topological polar surface area (TPSA) is 114 Å². The van der Waals surface area contributed by atoms with Crippen LogP contribution in [0.3, 0.4) is 0 Å². The zero-order valence-corrected chi connectivity index (χ0v) is 51.8. The fourth-order valence-corrected chi connectivity index (χ4v) is 11.9. The fraction of sp³-hybridized carbons (Fsp3) is 0.812. The van der Waals surface area contributed by atoms with E-state index in [2.05, 4.69) is 13.8 Å². The van der Waals surface area contributed by atoms with Gasteiger partial charge in [-0.05, 0) is 48.9 Å². The largest absolute Gasteiger partial charge is 2.00 e. The third kappa shape index (κ3) is 47.3. The second-order valence-corrected chi connectivity index (χ2v) is 24.6. The van der Waals surface area contributed by atoms with Gasteiger partial charge in [0, 0.05) is 0 Å². The van der Waals surface area contributed by atoms with E-state index in [4.69, 9.17) is 0 Å². The van der Waals surface area contributed by atoms with Crippen molar-refractivity contribution in [3.8, 4) is 0 Å². The normalized spacial score (nSPS) is 11.7. The van der Waals surface area contributed by atoms with Gasteiger partial charge in [-0.25, -0.2) is 16.8 Å². The van der Waals surface area contributed by atoms with Crippen molar-refractivity contribution in [1.29, 1.82) is 0 Å². The molecule has 0 bridgehead atoms. The van der Waals surface area contributed by atoms with Crippen molar-refractivity contribution in [3.05, 3.63) is 59.7 Å². The Morgan fingerprint density at radius 1 is 0.260 bits per heavy atom. The van der Waals surface area contributed by atoms with Crippen LogP contribution in [0, 0.1) is 0 Å². The van der Waals surface area contributed by atoms with Crippen LogP contribution in [0.1, 0.15) is 333 Å². The summed E-state index contributed by atoms with van der Waals surface area (Å²) in [5.74, 6) is 0. The summed E-state index contributed by atoms with van der Waals surface area (Å²) in [7, 11) is -8.72. The van der Waals surface area contributed by atoms with Crippen LogP contribution in [0.5, 0.6) is 0 Å². The van der Waals surface area contributed by atoms with Gasteiger partial charge < -0.3 is 9.11 Å². The molecule has 73 heavy (non-hydrogen) atoms. The molecule has 0 aliphatic rings. The van der Waals surface area contributed by atoms with E-state index >= 15 is 0 Å². The maximum Gasteiger partial charge on any atom is 2.00 e. The Labute approximate surface area is 484 Å². The van der Waals surface area contributed by atoms with Gasteiger partial charge in [-0.1, -0.05) is 346 Å². The summed E-state index contributed by atoms with van der Waals surface area (Å²) in [5.41, 5.74) is 1.35. The molecule has 0 atom stereocenters. The molecule has 9 heteroatoms. The molecular weight excluding hydrogens is 969 g/mol. The zero-order valence-electron chi connectivity index (χ0n) is 47.9. The summed E-state index contributed by atoms with van der Waals surface area (Å²) in [6.07, 6.45) is 67.1. The average Bonchev–Trinajstić information content (AvgIpc) is 3.36. The van der Waals surface area contributed by atoms with Crippen LogP contribution in [-0.2, 0) is 33.1 Å². The molecule has 0 fully saturated rings. The Balaban J connectivity index is 0.00000140. The molecule has 0 N–H and O–H groups in total. The van der Waals surface area contributed by atoms with Crippen molar-refractivity contribution in [2.24, 2.45) is 0 Å². The molecule has 0 aliphatic heterocycles. The fourth-order valence-electron chi connectivity index (χ4n) is 10.5. The first kappa shape index (κ1) is 72.5. The predicted octanol–water partition coefficient (Wildman–Crippen LogP) is 20.7. The Bertz CT molecular complexity index is 1560. The summed E-state index contributed by atoms with van der Waals surface area (Å²) < 4.78 is 68.0. The summed E-state index contributed by atoms with van der Waals surface area (Å²) in [6.45, 7) is 4.58. The molecule has 2 aromatic rings. The quantitative estimate of drug-likeness (QED) is 0.0370. The maximum absolute atomic E-state index is 11.3. The van der Waals surface area contributed by atoms with E-state index in [0.717, 1.165) is 25.7 Å². The van der Waals surface area contributed by atoms with Crippen molar-refractivity contribution in [2.75, 3.05) is 0 Å². The molecule has 0 spiro atoms. The third-order valence-electron chi connectivity index (χ3n) is 15.1. The van der Waals surface area contributed by atoms with Crippen LogP contribution in [0.15, 0.2) is 58.3 Å². The van der Waals surface area contributed by atoms with Crippen LogP contribution < -0.4 is 0 Å².